The fourth-order valence-electron chi connectivity index (χ4n) is 2.32. The van der Waals surface area contributed by atoms with Crippen molar-refractivity contribution in [3.63, 3.8) is 0 Å². The van der Waals surface area contributed by atoms with Crippen molar-refractivity contribution in [1.82, 2.24) is 14.5 Å². The van der Waals surface area contributed by atoms with Gasteiger partial charge in [0, 0.05) is 31.2 Å². The summed E-state index contributed by atoms with van der Waals surface area (Å²) in [5.41, 5.74) is 2.15. The van der Waals surface area contributed by atoms with Gasteiger partial charge in [0.25, 0.3) is 0 Å². The molecule has 0 radical (unpaired) electrons. The predicted molar refractivity (Wildman–Crippen MR) is 96.1 cm³/mol. The number of carbonyl (C=O) groups is 1. The molecule has 1 aromatic heterocycles. The van der Waals surface area contributed by atoms with Gasteiger partial charge in [0.1, 0.15) is 0 Å². The second kappa shape index (κ2) is 9.51. The highest BCUT2D eigenvalue weighted by atomic mass is 32.2. The molecule has 0 fully saturated rings. The minimum absolute atomic E-state index is 0.0886. The lowest BCUT2D eigenvalue weighted by Crippen LogP contribution is -2.34. The summed E-state index contributed by atoms with van der Waals surface area (Å²) in [6, 6.07) is 12.1. The van der Waals surface area contributed by atoms with E-state index in [1.807, 2.05) is 48.0 Å². The summed E-state index contributed by atoms with van der Waals surface area (Å²) >= 11 is 1.35. The Bertz CT molecular complexity index is 784. The molecule has 0 saturated carbocycles. The molecular formula is C18H19N5OS. The quantitative estimate of drug-likeness (QED) is 0.681. The smallest absolute Gasteiger partial charge is 0.233 e. The van der Waals surface area contributed by atoms with Crippen LogP contribution in [0.25, 0.3) is 5.69 Å². The summed E-state index contributed by atoms with van der Waals surface area (Å²) in [7, 11) is 0. The van der Waals surface area contributed by atoms with E-state index in [0.717, 1.165) is 16.4 Å². The van der Waals surface area contributed by atoms with Gasteiger partial charge in [-0.2, -0.15) is 10.5 Å². The molecule has 0 N–H and O–H groups in total. The van der Waals surface area contributed by atoms with Crippen LogP contribution < -0.4 is 0 Å². The molecule has 0 aliphatic rings. The van der Waals surface area contributed by atoms with Gasteiger partial charge in [0.05, 0.1) is 30.7 Å². The first kappa shape index (κ1) is 18.6. The van der Waals surface area contributed by atoms with Crippen LogP contribution in [0.4, 0.5) is 0 Å². The van der Waals surface area contributed by atoms with Crippen molar-refractivity contribution in [2.24, 2.45) is 0 Å². The van der Waals surface area contributed by atoms with Crippen LogP contribution in [0.2, 0.25) is 0 Å². The lowest BCUT2D eigenvalue weighted by molar-refractivity contribution is -0.128. The van der Waals surface area contributed by atoms with Gasteiger partial charge < -0.3 is 4.90 Å². The number of aromatic nitrogens is 2. The first-order valence-corrected chi connectivity index (χ1v) is 8.89. The van der Waals surface area contributed by atoms with Gasteiger partial charge in [-0.1, -0.05) is 23.9 Å². The molecule has 2 aromatic rings. The number of amides is 1. The molecule has 2 rings (SSSR count). The first-order valence-electron chi connectivity index (χ1n) is 7.90. The maximum Gasteiger partial charge on any atom is 0.233 e. The number of aryl methyl sites for hydroxylation is 1. The predicted octanol–water partition coefficient (Wildman–Crippen LogP) is 2.93. The van der Waals surface area contributed by atoms with Crippen LogP contribution in [0.3, 0.4) is 0 Å². The van der Waals surface area contributed by atoms with Crippen molar-refractivity contribution >= 4 is 17.7 Å². The van der Waals surface area contributed by atoms with Gasteiger partial charge >= 0.3 is 0 Å². The molecular weight excluding hydrogens is 334 g/mol. The summed E-state index contributed by atoms with van der Waals surface area (Å²) < 4.78 is 1.94. The lowest BCUT2D eigenvalue weighted by atomic mass is 10.2. The largest absolute Gasteiger partial charge is 0.340 e. The summed E-state index contributed by atoms with van der Waals surface area (Å²) in [4.78, 5) is 18.3. The number of benzene rings is 1. The molecule has 1 heterocycles. The van der Waals surface area contributed by atoms with Gasteiger partial charge in [0.15, 0.2) is 5.16 Å². The molecule has 25 heavy (non-hydrogen) atoms. The Balaban J connectivity index is 2.03. The molecule has 0 saturated heterocycles. The molecule has 0 atom stereocenters. The Morgan fingerprint density at radius 3 is 2.64 bits per heavy atom. The number of hydrogen-bond donors (Lipinski definition) is 0. The zero-order valence-corrected chi connectivity index (χ0v) is 14.9. The molecule has 0 spiro atoms. The number of hydrogen-bond acceptors (Lipinski definition) is 5. The highest BCUT2D eigenvalue weighted by molar-refractivity contribution is 7.99. The topological polar surface area (TPSA) is 85.7 Å². The average Bonchev–Trinajstić information content (AvgIpc) is 3.08. The minimum atomic E-state index is -0.0886. The van der Waals surface area contributed by atoms with E-state index in [-0.39, 0.29) is 24.5 Å². The van der Waals surface area contributed by atoms with Crippen LogP contribution >= 0.6 is 11.8 Å². The molecule has 1 aromatic carbocycles. The number of thioether (sulfide) groups is 1. The number of carbonyl (C=O) groups excluding carboxylic acids is 1. The summed E-state index contributed by atoms with van der Waals surface area (Å²) in [5.74, 6) is 0.133. The van der Waals surface area contributed by atoms with Crippen LogP contribution in [0.5, 0.6) is 0 Å². The first-order chi connectivity index (χ1) is 12.2. The summed E-state index contributed by atoms with van der Waals surface area (Å²) in [5, 5.41) is 18.2. The average molecular weight is 353 g/mol. The van der Waals surface area contributed by atoms with Crippen LogP contribution in [-0.2, 0) is 4.79 Å². The molecule has 6 nitrogen and oxygen atoms in total. The SMILES string of the molecule is Cc1cccc(-n2ccnc2SCC(=O)N(CCC#N)CCC#N)c1. The number of nitriles is 2. The molecule has 0 aliphatic carbocycles. The minimum Gasteiger partial charge on any atom is -0.340 e. The second-order valence-corrected chi connectivity index (χ2v) is 6.35. The van der Waals surface area contributed by atoms with Gasteiger partial charge in [-0.15, -0.1) is 0 Å². The Morgan fingerprint density at radius 1 is 1.28 bits per heavy atom. The second-order valence-electron chi connectivity index (χ2n) is 5.40. The van der Waals surface area contributed by atoms with Crippen molar-refractivity contribution in [3.8, 4) is 17.8 Å². The Morgan fingerprint density at radius 2 is 2.00 bits per heavy atom. The zero-order chi connectivity index (χ0) is 18.1. The number of imidazole rings is 1. The normalized spacial score (nSPS) is 10.0. The molecule has 128 valence electrons. The Kier molecular flexibility index (Phi) is 7.06. The molecule has 0 unspecified atom stereocenters. The van der Waals surface area contributed by atoms with Crippen LogP contribution in [0.15, 0.2) is 41.8 Å². The van der Waals surface area contributed by atoms with E-state index in [0.29, 0.717) is 13.1 Å². The summed E-state index contributed by atoms with van der Waals surface area (Å²) in [6.07, 6.45) is 4.10. The van der Waals surface area contributed by atoms with Gasteiger partial charge in [0.2, 0.25) is 5.91 Å². The van der Waals surface area contributed by atoms with E-state index in [1.54, 1.807) is 11.1 Å². The van der Waals surface area contributed by atoms with Crippen molar-refractivity contribution in [2.75, 3.05) is 18.8 Å². The standard InChI is InChI=1S/C18H19N5OS/c1-15-5-2-6-16(13-15)23-12-9-21-18(23)25-14-17(24)22(10-3-7-19)11-4-8-20/h2,5-6,9,12-13H,3-4,10-11,14H2,1H3. The maximum absolute atomic E-state index is 12.4. The van der Waals surface area contributed by atoms with E-state index >= 15 is 0 Å². The Labute approximate surface area is 151 Å². The van der Waals surface area contributed by atoms with Crippen LogP contribution in [0.1, 0.15) is 18.4 Å². The monoisotopic (exact) mass is 353 g/mol. The molecule has 1 amide bonds. The molecule has 0 bridgehead atoms. The summed E-state index contributed by atoms with van der Waals surface area (Å²) in [6.45, 7) is 2.73. The lowest BCUT2D eigenvalue weighted by Gasteiger charge is -2.20. The fraction of sp³-hybridized carbons (Fsp3) is 0.333. The van der Waals surface area contributed by atoms with Crippen molar-refractivity contribution in [3.05, 3.63) is 42.2 Å². The van der Waals surface area contributed by atoms with Gasteiger partial charge in [-0.3, -0.25) is 9.36 Å². The van der Waals surface area contributed by atoms with Crippen molar-refractivity contribution in [2.45, 2.75) is 24.9 Å². The van der Waals surface area contributed by atoms with Gasteiger partial charge in [-0.25, -0.2) is 4.98 Å². The molecule has 0 aliphatic heterocycles. The third-order valence-electron chi connectivity index (χ3n) is 3.55. The van der Waals surface area contributed by atoms with E-state index in [2.05, 4.69) is 11.1 Å². The fourth-order valence-corrected chi connectivity index (χ4v) is 3.20. The maximum atomic E-state index is 12.4. The number of nitrogens with zero attached hydrogens (tertiary/aromatic N) is 5. The highest BCUT2D eigenvalue weighted by Gasteiger charge is 2.15. The van der Waals surface area contributed by atoms with Crippen LogP contribution in [-0.4, -0.2) is 39.2 Å². The van der Waals surface area contributed by atoms with Gasteiger partial charge in [-0.05, 0) is 24.6 Å². The molecule has 7 heteroatoms. The highest BCUT2D eigenvalue weighted by Crippen LogP contribution is 2.21. The van der Waals surface area contributed by atoms with Crippen molar-refractivity contribution < 1.29 is 4.79 Å². The third kappa shape index (κ3) is 5.37. The Hall–Kier alpha value is -2.77. The van der Waals surface area contributed by atoms with E-state index < -0.39 is 0 Å². The van der Waals surface area contributed by atoms with E-state index in [4.69, 9.17) is 10.5 Å². The van der Waals surface area contributed by atoms with Crippen molar-refractivity contribution in [1.29, 1.82) is 10.5 Å². The zero-order valence-electron chi connectivity index (χ0n) is 14.1. The number of rotatable bonds is 8. The van der Waals surface area contributed by atoms with E-state index in [1.165, 1.54) is 11.8 Å². The third-order valence-corrected chi connectivity index (χ3v) is 4.50. The van der Waals surface area contributed by atoms with Crippen LogP contribution in [0, 0.1) is 29.6 Å². The van der Waals surface area contributed by atoms with E-state index in [9.17, 15) is 4.79 Å².